The van der Waals surface area contributed by atoms with Gasteiger partial charge in [-0.3, -0.25) is 9.59 Å². The molecule has 1 heterocycles. The Morgan fingerprint density at radius 1 is 1.80 bits per heavy atom. The van der Waals surface area contributed by atoms with E-state index in [9.17, 15) is 9.59 Å². The molecule has 0 aliphatic carbocycles. The molecule has 1 aliphatic rings. The Morgan fingerprint density at radius 2 is 2.40 bits per heavy atom. The van der Waals surface area contributed by atoms with E-state index in [4.69, 9.17) is 5.11 Å². The van der Waals surface area contributed by atoms with Crippen molar-refractivity contribution in [1.29, 1.82) is 0 Å². The average molecular weight is 144 g/mol. The number of aliphatic carboxylic acids is 1. The molecule has 0 saturated carbocycles. The fourth-order valence-electron chi connectivity index (χ4n) is 0.958. The fourth-order valence-corrected chi connectivity index (χ4v) is 0.958. The predicted molar refractivity (Wildman–Crippen MR) is 31.3 cm³/mol. The van der Waals surface area contributed by atoms with Gasteiger partial charge in [0.05, 0.1) is 0 Å². The normalized spacial score (nSPS) is 31.9. The zero-order chi connectivity index (χ0) is 7.72. The van der Waals surface area contributed by atoms with Crippen molar-refractivity contribution in [2.45, 2.75) is 19.4 Å². The molecule has 0 aromatic carbocycles. The molecule has 0 bridgehead atoms. The molecule has 0 aromatic rings. The molecule has 2 atom stereocenters. The molecule has 0 spiro atoms. The molecule has 4 heteroatoms. The minimum Gasteiger partial charge on any atom is -0.481 e. The lowest BCUT2D eigenvalue weighted by Gasteiger charge is -1.95. The highest BCUT2D eigenvalue weighted by Crippen LogP contribution is 2.20. The van der Waals surface area contributed by atoms with Crippen LogP contribution in [-0.2, 0) is 14.3 Å². The van der Waals surface area contributed by atoms with E-state index in [2.05, 4.69) is 4.74 Å². The second-order valence-corrected chi connectivity index (χ2v) is 2.37. The van der Waals surface area contributed by atoms with E-state index in [0.717, 1.165) is 0 Å². The maximum absolute atomic E-state index is 10.6. The molecular weight excluding hydrogens is 136 g/mol. The van der Waals surface area contributed by atoms with E-state index in [0.29, 0.717) is 6.42 Å². The molecule has 1 N–H and O–H groups in total. The third-order valence-electron chi connectivity index (χ3n) is 1.47. The first-order valence-electron chi connectivity index (χ1n) is 3.04. The van der Waals surface area contributed by atoms with Crippen LogP contribution in [0.2, 0.25) is 0 Å². The third-order valence-corrected chi connectivity index (χ3v) is 1.47. The van der Waals surface area contributed by atoms with E-state index in [1.807, 2.05) is 0 Å². The molecule has 56 valence electrons. The molecule has 1 aliphatic heterocycles. The molecule has 0 unspecified atom stereocenters. The van der Waals surface area contributed by atoms with Crippen molar-refractivity contribution in [3.63, 3.8) is 0 Å². The van der Waals surface area contributed by atoms with Gasteiger partial charge < -0.3 is 9.84 Å². The summed E-state index contributed by atoms with van der Waals surface area (Å²) in [5.41, 5.74) is 0. The van der Waals surface area contributed by atoms with Crippen LogP contribution in [-0.4, -0.2) is 23.1 Å². The lowest BCUT2D eigenvalue weighted by molar-refractivity contribution is -0.152. The smallest absolute Gasteiger partial charge is 0.320 e. The van der Waals surface area contributed by atoms with E-state index < -0.39 is 17.9 Å². The molecule has 0 radical (unpaired) electrons. The predicted octanol–water partition coefficient (Wildman–Crippen LogP) is 0.0226. The highest BCUT2D eigenvalue weighted by Gasteiger charge is 2.37. The number of carboxylic acid groups (broad SMARTS) is 1. The summed E-state index contributed by atoms with van der Waals surface area (Å²) in [4.78, 5) is 20.9. The van der Waals surface area contributed by atoms with Gasteiger partial charge in [0.1, 0.15) is 6.10 Å². The number of ether oxygens (including phenoxy) is 1. The van der Waals surface area contributed by atoms with E-state index >= 15 is 0 Å². The fraction of sp³-hybridized carbons (Fsp3) is 0.667. The summed E-state index contributed by atoms with van der Waals surface area (Å²) in [5.74, 6) is -2.63. The summed E-state index contributed by atoms with van der Waals surface area (Å²) in [6, 6.07) is 0. The number of carbonyl (C=O) groups is 2. The molecule has 0 aromatic heterocycles. The van der Waals surface area contributed by atoms with Gasteiger partial charge in [-0.2, -0.15) is 0 Å². The van der Waals surface area contributed by atoms with Gasteiger partial charge in [0.25, 0.3) is 0 Å². The summed E-state index contributed by atoms with van der Waals surface area (Å²) >= 11 is 0. The molecule has 0 amide bonds. The Balaban J connectivity index is 2.63. The third kappa shape index (κ3) is 1.10. The minimum absolute atomic E-state index is 0.242. The van der Waals surface area contributed by atoms with E-state index in [1.54, 1.807) is 6.92 Å². The first kappa shape index (κ1) is 7.05. The van der Waals surface area contributed by atoms with Gasteiger partial charge in [0, 0.05) is 6.42 Å². The van der Waals surface area contributed by atoms with Crippen LogP contribution in [0, 0.1) is 5.92 Å². The number of esters is 1. The Hall–Kier alpha value is -1.06. The minimum atomic E-state index is -1.09. The SMILES string of the molecule is C[C@@H]1C[C@H](C(=O)O)C(=O)O1. The maximum atomic E-state index is 10.6. The van der Waals surface area contributed by atoms with Crippen molar-refractivity contribution in [1.82, 2.24) is 0 Å². The zero-order valence-electron chi connectivity index (χ0n) is 5.53. The van der Waals surface area contributed by atoms with Gasteiger partial charge in [-0.05, 0) is 6.92 Å². The highest BCUT2D eigenvalue weighted by molar-refractivity contribution is 5.95. The second kappa shape index (κ2) is 2.28. The van der Waals surface area contributed by atoms with Crippen LogP contribution >= 0.6 is 0 Å². The maximum Gasteiger partial charge on any atom is 0.320 e. The highest BCUT2D eigenvalue weighted by atomic mass is 16.6. The number of hydrogen-bond donors (Lipinski definition) is 1. The zero-order valence-corrected chi connectivity index (χ0v) is 5.53. The summed E-state index contributed by atoms with van der Waals surface area (Å²) in [6.07, 6.45) is 0.0577. The van der Waals surface area contributed by atoms with E-state index in [1.165, 1.54) is 0 Å². The first-order valence-corrected chi connectivity index (χ1v) is 3.04. The molecule has 1 saturated heterocycles. The van der Waals surface area contributed by atoms with Gasteiger partial charge in [-0.25, -0.2) is 0 Å². The van der Waals surface area contributed by atoms with Crippen molar-refractivity contribution in [3.8, 4) is 0 Å². The van der Waals surface area contributed by atoms with Gasteiger partial charge in [0.2, 0.25) is 0 Å². The van der Waals surface area contributed by atoms with Crippen LogP contribution in [0.3, 0.4) is 0 Å². The van der Waals surface area contributed by atoms with Crippen LogP contribution in [0.4, 0.5) is 0 Å². The Bertz CT molecular complexity index is 175. The molecular formula is C6H8O4. The monoisotopic (exact) mass is 144 g/mol. The number of carbonyl (C=O) groups excluding carboxylic acids is 1. The largest absolute Gasteiger partial charge is 0.481 e. The van der Waals surface area contributed by atoms with Crippen LogP contribution in [0.5, 0.6) is 0 Å². The van der Waals surface area contributed by atoms with Crippen molar-refractivity contribution >= 4 is 11.9 Å². The van der Waals surface area contributed by atoms with Gasteiger partial charge >= 0.3 is 11.9 Å². The van der Waals surface area contributed by atoms with Gasteiger partial charge in [-0.1, -0.05) is 0 Å². The summed E-state index contributed by atoms with van der Waals surface area (Å²) in [6.45, 7) is 1.68. The lowest BCUT2D eigenvalue weighted by Crippen LogP contribution is -2.17. The van der Waals surface area contributed by atoms with Crippen molar-refractivity contribution in [2.75, 3.05) is 0 Å². The topological polar surface area (TPSA) is 63.6 Å². The number of cyclic esters (lactones) is 1. The van der Waals surface area contributed by atoms with Crippen LogP contribution in [0.15, 0.2) is 0 Å². The van der Waals surface area contributed by atoms with Gasteiger partial charge in [-0.15, -0.1) is 0 Å². The Labute approximate surface area is 57.8 Å². The number of hydrogen-bond acceptors (Lipinski definition) is 3. The van der Waals surface area contributed by atoms with Crippen molar-refractivity contribution in [2.24, 2.45) is 5.92 Å². The van der Waals surface area contributed by atoms with Gasteiger partial charge in [0.15, 0.2) is 5.92 Å². The van der Waals surface area contributed by atoms with Crippen LogP contribution in [0.25, 0.3) is 0 Å². The molecule has 1 fully saturated rings. The molecule has 10 heavy (non-hydrogen) atoms. The average Bonchev–Trinajstić information content (AvgIpc) is 2.10. The summed E-state index contributed by atoms with van der Waals surface area (Å²) < 4.78 is 4.62. The van der Waals surface area contributed by atoms with E-state index in [-0.39, 0.29) is 6.10 Å². The summed E-state index contributed by atoms with van der Waals surface area (Å²) in [5, 5.41) is 8.40. The van der Waals surface area contributed by atoms with Crippen LogP contribution in [0.1, 0.15) is 13.3 Å². The number of carboxylic acids is 1. The lowest BCUT2D eigenvalue weighted by atomic mass is 10.1. The van der Waals surface area contributed by atoms with Crippen molar-refractivity contribution in [3.05, 3.63) is 0 Å². The Morgan fingerprint density at radius 3 is 2.60 bits per heavy atom. The molecule has 4 nitrogen and oxygen atoms in total. The quantitative estimate of drug-likeness (QED) is 0.416. The Kier molecular flexibility index (Phi) is 1.61. The second-order valence-electron chi connectivity index (χ2n) is 2.37. The summed E-state index contributed by atoms with van der Waals surface area (Å²) in [7, 11) is 0. The molecule has 1 rings (SSSR count). The standard InChI is InChI=1S/C6H8O4/c1-3-2-4(5(7)8)6(9)10-3/h3-4H,2H2,1H3,(H,7,8)/t3-,4-/m1/s1. The van der Waals surface area contributed by atoms with Crippen LogP contribution < -0.4 is 0 Å². The first-order chi connectivity index (χ1) is 4.61. The van der Waals surface area contributed by atoms with Crippen molar-refractivity contribution < 1.29 is 19.4 Å². The number of rotatable bonds is 1.